The average Bonchev–Trinajstić information content (AvgIpc) is 2.65. The molecule has 0 radical (unpaired) electrons. The first-order valence-electron chi connectivity index (χ1n) is 3.57. The van der Waals surface area contributed by atoms with Crippen molar-refractivity contribution in [3.8, 4) is 0 Å². The van der Waals surface area contributed by atoms with E-state index in [4.69, 9.17) is 14.6 Å². The minimum atomic E-state index is -1.04. The summed E-state index contributed by atoms with van der Waals surface area (Å²) >= 11 is 0. The van der Waals surface area contributed by atoms with Gasteiger partial charge in [0.2, 0.25) is 0 Å². The van der Waals surface area contributed by atoms with Gasteiger partial charge in [0.05, 0.1) is 0 Å². The fraction of sp³-hybridized carbons (Fsp3) is 0.857. The molecular formula is C7H12O4. The second-order valence-electron chi connectivity index (χ2n) is 2.56. The van der Waals surface area contributed by atoms with Crippen LogP contribution < -0.4 is 0 Å². The molecule has 1 aliphatic carbocycles. The summed E-state index contributed by atoms with van der Waals surface area (Å²) in [5.41, 5.74) is -1.04. The lowest BCUT2D eigenvalue weighted by Gasteiger charge is -2.10. The van der Waals surface area contributed by atoms with E-state index >= 15 is 0 Å². The number of hydrogen-bond donors (Lipinski definition) is 1. The van der Waals surface area contributed by atoms with Gasteiger partial charge >= 0.3 is 5.97 Å². The second kappa shape index (κ2) is 2.79. The lowest BCUT2D eigenvalue weighted by atomic mass is 10.3. The number of ether oxygens (including phenoxy) is 2. The highest BCUT2D eigenvalue weighted by Gasteiger charge is 2.63. The molecule has 4 nitrogen and oxygen atoms in total. The Hall–Kier alpha value is -0.610. The number of methoxy groups -OCH3 is 1. The Morgan fingerprint density at radius 3 is 2.73 bits per heavy atom. The molecule has 0 aromatic rings. The minimum Gasteiger partial charge on any atom is -0.479 e. The predicted molar refractivity (Wildman–Crippen MR) is 37.4 cm³/mol. The van der Waals surface area contributed by atoms with Crippen LogP contribution in [0.15, 0.2) is 0 Å². The predicted octanol–water partition coefficient (Wildman–Crippen LogP) is 0.265. The molecule has 0 aromatic carbocycles. The van der Waals surface area contributed by atoms with Crippen molar-refractivity contribution >= 4 is 5.97 Å². The van der Waals surface area contributed by atoms with E-state index in [1.165, 1.54) is 7.11 Å². The molecule has 1 rings (SSSR count). The first-order valence-corrected chi connectivity index (χ1v) is 3.57. The molecule has 0 heterocycles. The van der Waals surface area contributed by atoms with Crippen LogP contribution in [0.3, 0.4) is 0 Å². The van der Waals surface area contributed by atoms with Crippen molar-refractivity contribution in [2.24, 2.45) is 0 Å². The molecule has 0 spiro atoms. The number of carbonyl (C=O) groups is 1. The fourth-order valence-electron chi connectivity index (χ4n) is 1.19. The van der Waals surface area contributed by atoms with Gasteiger partial charge in [0.1, 0.15) is 6.10 Å². The number of hydrogen-bond acceptors (Lipinski definition) is 3. The third kappa shape index (κ3) is 1.23. The van der Waals surface area contributed by atoms with E-state index in [1.807, 2.05) is 0 Å². The number of carboxylic acid groups (broad SMARTS) is 1. The van der Waals surface area contributed by atoms with Crippen molar-refractivity contribution in [1.82, 2.24) is 0 Å². The van der Waals surface area contributed by atoms with Gasteiger partial charge < -0.3 is 14.6 Å². The van der Waals surface area contributed by atoms with Gasteiger partial charge in [-0.05, 0) is 6.92 Å². The lowest BCUT2D eigenvalue weighted by Crippen LogP contribution is -2.30. The van der Waals surface area contributed by atoms with Crippen LogP contribution >= 0.6 is 0 Å². The van der Waals surface area contributed by atoms with Crippen molar-refractivity contribution in [3.05, 3.63) is 0 Å². The van der Waals surface area contributed by atoms with Gasteiger partial charge in [0.25, 0.3) is 0 Å². The largest absolute Gasteiger partial charge is 0.479 e. The van der Waals surface area contributed by atoms with E-state index in [2.05, 4.69) is 0 Å². The Balaban J connectivity index is 2.55. The Bertz CT molecular complexity index is 168. The van der Waals surface area contributed by atoms with Gasteiger partial charge in [-0.15, -0.1) is 0 Å². The normalized spacial score (nSPS) is 35.3. The van der Waals surface area contributed by atoms with Gasteiger partial charge in [0.15, 0.2) is 5.60 Å². The molecule has 4 heteroatoms. The summed E-state index contributed by atoms with van der Waals surface area (Å²) in [6.07, 6.45) is 0.201. The highest BCUT2D eigenvalue weighted by atomic mass is 16.6. The molecule has 64 valence electrons. The fourth-order valence-corrected chi connectivity index (χ4v) is 1.19. The molecule has 0 amide bonds. The molecule has 2 unspecified atom stereocenters. The molecule has 1 aliphatic rings. The summed E-state index contributed by atoms with van der Waals surface area (Å²) in [5.74, 6) is -0.925. The zero-order valence-electron chi connectivity index (χ0n) is 6.66. The second-order valence-corrected chi connectivity index (χ2v) is 2.56. The maximum atomic E-state index is 10.6. The van der Waals surface area contributed by atoms with E-state index in [1.54, 1.807) is 6.92 Å². The van der Waals surface area contributed by atoms with E-state index in [9.17, 15) is 4.79 Å². The lowest BCUT2D eigenvalue weighted by molar-refractivity contribution is -0.156. The number of rotatable bonds is 4. The van der Waals surface area contributed by atoms with Gasteiger partial charge in [-0.3, -0.25) is 0 Å². The van der Waals surface area contributed by atoms with Crippen molar-refractivity contribution in [1.29, 1.82) is 0 Å². The van der Waals surface area contributed by atoms with Crippen molar-refractivity contribution in [3.63, 3.8) is 0 Å². The van der Waals surface area contributed by atoms with Crippen LogP contribution in [0.1, 0.15) is 13.3 Å². The van der Waals surface area contributed by atoms with Gasteiger partial charge in [0, 0.05) is 20.1 Å². The van der Waals surface area contributed by atoms with Crippen LogP contribution in [0, 0.1) is 0 Å². The number of aliphatic carboxylic acids is 1. The first kappa shape index (κ1) is 8.49. The van der Waals surface area contributed by atoms with Crippen LogP contribution in [0.25, 0.3) is 0 Å². The van der Waals surface area contributed by atoms with E-state index in [0.29, 0.717) is 13.0 Å². The Kier molecular flexibility index (Phi) is 2.15. The molecule has 1 N–H and O–H groups in total. The number of carboxylic acids is 1. The highest BCUT2D eigenvalue weighted by Crippen LogP contribution is 2.42. The summed E-state index contributed by atoms with van der Waals surface area (Å²) < 4.78 is 9.97. The molecule has 0 aliphatic heterocycles. The maximum Gasteiger partial charge on any atom is 0.338 e. The third-order valence-corrected chi connectivity index (χ3v) is 1.90. The SMILES string of the molecule is CCOC1(C(=O)O)CC1OC. The summed E-state index contributed by atoms with van der Waals surface area (Å²) in [4.78, 5) is 10.6. The monoisotopic (exact) mass is 160 g/mol. The summed E-state index contributed by atoms with van der Waals surface area (Å²) in [6.45, 7) is 2.18. The van der Waals surface area contributed by atoms with E-state index < -0.39 is 11.6 Å². The van der Waals surface area contributed by atoms with Crippen LogP contribution in [0.4, 0.5) is 0 Å². The van der Waals surface area contributed by atoms with Crippen molar-refractivity contribution in [2.45, 2.75) is 25.0 Å². The van der Waals surface area contributed by atoms with Crippen LogP contribution in [0.5, 0.6) is 0 Å². The summed E-state index contributed by atoms with van der Waals surface area (Å²) in [6, 6.07) is 0. The van der Waals surface area contributed by atoms with Crippen LogP contribution in [-0.4, -0.2) is 36.5 Å². The molecule has 2 atom stereocenters. The van der Waals surface area contributed by atoms with Crippen molar-refractivity contribution < 1.29 is 19.4 Å². The van der Waals surface area contributed by atoms with Gasteiger partial charge in [-0.25, -0.2) is 4.79 Å². The summed E-state index contributed by atoms with van der Waals surface area (Å²) in [5, 5.41) is 8.73. The van der Waals surface area contributed by atoms with Crippen LogP contribution in [-0.2, 0) is 14.3 Å². The topological polar surface area (TPSA) is 55.8 Å². The molecule has 0 bridgehead atoms. The molecule has 1 fully saturated rings. The Morgan fingerprint density at radius 1 is 1.82 bits per heavy atom. The maximum absolute atomic E-state index is 10.6. The van der Waals surface area contributed by atoms with Crippen LogP contribution in [0.2, 0.25) is 0 Å². The zero-order valence-corrected chi connectivity index (χ0v) is 6.66. The molecule has 1 saturated carbocycles. The Labute approximate surface area is 65.1 Å². The zero-order chi connectivity index (χ0) is 8.48. The molecular weight excluding hydrogens is 148 g/mol. The minimum absolute atomic E-state index is 0.264. The smallest absolute Gasteiger partial charge is 0.338 e. The standard InChI is InChI=1S/C7H12O4/c1-3-11-7(6(8)9)4-5(7)10-2/h5H,3-4H2,1-2H3,(H,8,9). The van der Waals surface area contributed by atoms with Gasteiger partial charge in [-0.2, -0.15) is 0 Å². The average molecular weight is 160 g/mol. The Morgan fingerprint density at radius 2 is 2.45 bits per heavy atom. The van der Waals surface area contributed by atoms with E-state index in [-0.39, 0.29) is 6.10 Å². The quantitative estimate of drug-likeness (QED) is 0.641. The molecule has 11 heavy (non-hydrogen) atoms. The molecule has 0 aromatic heterocycles. The first-order chi connectivity index (χ1) is 5.17. The summed E-state index contributed by atoms with van der Waals surface area (Å²) in [7, 11) is 1.49. The van der Waals surface area contributed by atoms with E-state index in [0.717, 1.165) is 0 Å². The highest BCUT2D eigenvalue weighted by molar-refractivity contribution is 5.82. The molecule has 0 saturated heterocycles. The third-order valence-electron chi connectivity index (χ3n) is 1.90. The van der Waals surface area contributed by atoms with Gasteiger partial charge in [-0.1, -0.05) is 0 Å². The van der Waals surface area contributed by atoms with Crippen molar-refractivity contribution in [2.75, 3.05) is 13.7 Å².